The van der Waals surface area contributed by atoms with Gasteiger partial charge in [-0.25, -0.2) is 0 Å². The third-order valence-electron chi connectivity index (χ3n) is 4.23. The summed E-state index contributed by atoms with van der Waals surface area (Å²) in [6.07, 6.45) is 0. The summed E-state index contributed by atoms with van der Waals surface area (Å²) in [5.41, 5.74) is 2.86. The van der Waals surface area contributed by atoms with E-state index in [2.05, 4.69) is 0 Å². The Hall–Kier alpha value is -0.976. The molecule has 0 aliphatic carbocycles. The van der Waals surface area contributed by atoms with E-state index in [1.807, 2.05) is 13.8 Å². The number of benzene rings is 2. The summed E-state index contributed by atoms with van der Waals surface area (Å²) in [6.45, 7) is 3.87. The molecule has 0 unspecified atom stereocenters. The minimum Gasteiger partial charge on any atom is -0.112 e. The molecule has 0 amide bonds. The average molecular weight is 285 g/mol. The highest BCUT2D eigenvalue weighted by Crippen LogP contribution is 2.12. The molecule has 2 aromatic carbocycles. The van der Waals surface area contributed by atoms with Crippen LogP contribution in [0, 0.1) is 0 Å². The first-order valence-corrected chi connectivity index (χ1v) is 7.29. The summed E-state index contributed by atoms with van der Waals surface area (Å²) in [5, 5.41) is 0. The van der Waals surface area contributed by atoms with Gasteiger partial charge in [0.05, 0.1) is 0 Å². The standard InChI is InChI=1S/C15H7B9/c1-3(2)4-7(16)9(18)5(10(19)8(4)17)6-11(20)13(22)15(24)14(23)12(6)21/h3H,1-2H3. The molecule has 24 heavy (non-hydrogen) atoms. The number of hydrogen-bond acceptors (Lipinski definition) is 0. The van der Waals surface area contributed by atoms with E-state index in [4.69, 9.17) is 70.6 Å². The van der Waals surface area contributed by atoms with Crippen molar-refractivity contribution in [2.45, 2.75) is 19.8 Å². The summed E-state index contributed by atoms with van der Waals surface area (Å²) in [6, 6.07) is 0. The van der Waals surface area contributed by atoms with Crippen molar-refractivity contribution in [2.24, 2.45) is 0 Å². The Labute approximate surface area is 156 Å². The first kappa shape index (κ1) is 19.4. The SMILES string of the molecule is [B]c1c([B])c([B])c(-c2c([B])c([B])c(C(C)C)c([B])c2[B])c([B])c1[B]. The van der Waals surface area contributed by atoms with Crippen LogP contribution in [-0.4, -0.2) is 70.6 Å². The normalized spacial score (nSPS) is 11.1. The Morgan fingerprint density at radius 2 is 0.667 bits per heavy atom. The van der Waals surface area contributed by atoms with Crippen molar-refractivity contribution in [1.82, 2.24) is 0 Å². The summed E-state index contributed by atoms with van der Waals surface area (Å²) < 4.78 is 0. The van der Waals surface area contributed by atoms with Crippen molar-refractivity contribution in [2.75, 3.05) is 0 Å². The van der Waals surface area contributed by atoms with Crippen LogP contribution in [0.2, 0.25) is 0 Å². The lowest BCUT2D eigenvalue weighted by molar-refractivity contribution is 0.881. The molecule has 9 heteroatoms. The molecule has 0 heterocycles. The molecule has 2 rings (SSSR count). The van der Waals surface area contributed by atoms with E-state index in [1.165, 1.54) is 0 Å². The molecule has 0 aliphatic heterocycles. The minimum atomic E-state index is 0.0277. The quantitative estimate of drug-likeness (QED) is 0.481. The van der Waals surface area contributed by atoms with Crippen LogP contribution >= 0.6 is 0 Å². The van der Waals surface area contributed by atoms with Crippen molar-refractivity contribution in [3.05, 3.63) is 5.56 Å². The molecule has 0 fully saturated rings. The molecular weight excluding hydrogens is 277 g/mol. The van der Waals surface area contributed by atoms with Crippen molar-refractivity contribution in [3.63, 3.8) is 0 Å². The van der Waals surface area contributed by atoms with Crippen LogP contribution in [0.4, 0.5) is 0 Å². The van der Waals surface area contributed by atoms with Crippen LogP contribution in [0.5, 0.6) is 0 Å². The number of hydrogen-bond donors (Lipinski definition) is 0. The molecule has 18 radical (unpaired) electrons. The maximum Gasteiger partial charge on any atom is 0.113 e. The highest BCUT2D eigenvalue weighted by Gasteiger charge is 2.20. The van der Waals surface area contributed by atoms with Crippen molar-refractivity contribution in [3.8, 4) is 11.1 Å². The molecule has 0 atom stereocenters. The van der Waals surface area contributed by atoms with Gasteiger partial charge in [-0.05, 0) is 17.0 Å². The average Bonchev–Trinajstić information content (AvgIpc) is 2.52. The van der Waals surface area contributed by atoms with Crippen molar-refractivity contribution in [1.29, 1.82) is 0 Å². The number of rotatable bonds is 2. The fraction of sp³-hybridized carbons (Fsp3) is 0.200. The van der Waals surface area contributed by atoms with Crippen LogP contribution in [0.1, 0.15) is 25.3 Å². The van der Waals surface area contributed by atoms with Crippen LogP contribution in [0.3, 0.4) is 0 Å². The molecule has 0 nitrogen and oxygen atoms in total. The molecule has 0 saturated carbocycles. The first-order chi connectivity index (χ1) is 11.0. The maximum absolute atomic E-state index is 6.21. The van der Waals surface area contributed by atoms with E-state index >= 15 is 0 Å². The zero-order valence-corrected chi connectivity index (χ0v) is 13.8. The summed E-state index contributed by atoms with van der Waals surface area (Å²) >= 11 is 0. The Morgan fingerprint density at radius 3 is 0.958 bits per heavy atom. The molecule has 2 aromatic rings. The lowest BCUT2D eigenvalue weighted by Crippen LogP contribution is -2.57. The molecule has 0 aromatic heterocycles. The molecule has 0 aliphatic rings. The second-order valence-corrected chi connectivity index (χ2v) is 6.04. The Kier molecular flexibility index (Phi) is 5.43. The first-order valence-electron chi connectivity index (χ1n) is 7.29. The van der Waals surface area contributed by atoms with Crippen molar-refractivity contribution < 1.29 is 0 Å². The van der Waals surface area contributed by atoms with Gasteiger partial charge in [0.15, 0.2) is 0 Å². The Balaban J connectivity index is 3.01. The second-order valence-electron chi connectivity index (χ2n) is 6.04. The summed E-state index contributed by atoms with van der Waals surface area (Å²) in [7, 11) is 54.6. The highest BCUT2D eigenvalue weighted by atomic mass is 14.2. The Bertz CT molecular complexity index is 782. The van der Waals surface area contributed by atoms with Gasteiger partial charge in [-0.3, -0.25) is 0 Å². The van der Waals surface area contributed by atoms with E-state index in [0.29, 0.717) is 22.1 Å². The Morgan fingerprint density at radius 1 is 0.417 bits per heavy atom. The van der Waals surface area contributed by atoms with E-state index < -0.39 is 0 Å². The third kappa shape index (κ3) is 2.78. The molecule has 94 valence electrons. The predicted molar refractivity (Wildman–Crippen MR) is 114 cm³/mol. The second kappa shape index (κ2) is 6.73. The van der Waals surface area contributed by atoms with Crippen LogP contribution < -0.4 is 49.2 Å². The van der Waals surface area contributed by atoms with Gasteiger partial charge in [-0.15, -0.1) is 27.3 Å². The fourth-order valence-corrected chi connectivity index (χ4v) is 2.86. The highest BCUT2D eigenvalue weighted by molar-refractivity contribution is 6.70. The largest absolute Gasteiger partial charge is 0.113 e. The fourth-order valence-electron chi connectivity index (χ4n) is 2.86. The van der Waals surface area contributed by atoms with E-state index in [9.17, 15) is 0 Å². The molecular formula is C15H7B9. The van der Waals surface area contributed by atoms with Gasteiger partial charge in [-0.2, -0.15) is 0 Å². The van der Waals surface area contributed by atoms with Crippen LogP contribution in [0.25, 0.3) is 11.1 Å². The molecule has 0 N–H and O–H groups in total. The maximum atomic E-state index is 6.21. The zero-order valence-electron chi connectivity index (χ0n) is 13.8. The van der Waals surface area contributed by atoms with Gasteiger partial charge < -0.3 is 0 Å². The topological polar surface area (TPSA) is 0 Å². The summed E-state index contributed by atoms with van der Waals surface area (Å²) in [5.74, 6) is 0.0277. The summed E-state index contributed by atoms with van der Waals surface area (Å²) in [4.78, 5) is 0. The molecule has 0 bridgehead atoms. The van der Waals surface area contributed by atoms with Gasteiger partial charge >= 0.3 is 0 Å². The van der Waals surface area contributed by atoms with Crippen LogP contribution in [0.15, 0.2) is 0 Å². The van der Waals surface area contributed by atoms with Gasteiger partial charge in [-0.1, -0.05) is 41.3 Å². The molecule has 0 saturated heterocycles. The third-order valence-corrected chi connectivity index (χ3v) is 4.23. The predicted octanol–water partition coefficient (Wildman–Crippen LogP) is -6.38. The lowest BCUT2D eigenvalue weighted by atomic mass is 9.56. The van der Waals surface area contributed by atoms with Crippen LogP contribution in [-0.2, 0) is 0 Å². The van der Waals surface area contributed by atoms with E-state index in [1.54, 1.807) is 0 Å². The van der Waals surface area contributed by atoms with Gasteiger partial charge in [0, 0.05) is 0 Å². The minimum absolute atomic E-state index is 0.0277. The van der Waals surface area contributed by atoms with E-state index in [0.717, 1.165) is 0 Å². The van der Waals surface area contributed by atoms with E-state index in [-0.39, 0.29) is 49.7 Å². The van der Waals surface area contributed by atoms with Gasteiger partial charge in [0.25, 0.3) is 0 Å². The molecule has 0 spiro atoms. The van der Waals surface area contributed by atoms with Gasteiger partial charge in [0.1, 0.15) is 70.6 Å². The van der Waals surface area contributed by atoms with Gasteiger partial charge in [0.2, 0.25) is 0 Å². The smallest absolute Gasteiger partial charge is 0.112 e. The zero-order chi connectivity index (χ0) is 18.5. The van der Waals surface area contributed by atoms with Crippen molar-refractivity contribution >= 4 is 120 Å². The monoisotopic (exact) mass is 286 g/mol. The lowest BCUT2D eigenvalue weighted by Gasteiger charge is -2.29.